The molecule has 1 aromatic carbocycles. The molecule has 14 heavy (non-hydrogen) atoms. The van der Waals surface area contributed by atoms with Crippen LogP contribution in [-0.2, 0) is 0 Å². The third kappa shape index (κ3) is 1.95. The van der Waals surface area contributed by atoms with Gasteiger partial charge in [-0.15, -0.1) is 0 Å². The smallest absolute Gasteiger partial charge is 0.190 e. The van der Waals surface area contributed by atoms with Gasteiger partial charge in [-0.05, 0) is 11.3 Å². The van der Waals surface area contributed by atoms with E-state index in [4.69, 9.17) is 0 Å². The zero-order valence-corrected chi connectivity index (χ0v) is 9.82. The van der Waals surface area contributed by atoms with Gasteiger partial charge in [0, 0.05) is 0 Å². The summed E-state index contributed by atoms with van der Waals surface area (Å²) in [6.07, 6.45) is 0. The minimum absolute atomic E-state index is 0.273. The van der Waals surface area contributed by atoms with E-state index >= 15 is 0 Å². The maximum Gasteiger partial charge on any atom is 0.190 e. The summed E-state index contributed by atoms with van der Waals surface area (Å²) in [5.74, 6) is -1.47. The molecular formula is C10H14F2OSi. The van der Waals surface area contributed by atoms with E-state index in [1.807, 2.05) is 19.6 Å². The van der Waals surface area contributed by atoms with Crippen molar-refractivity contribution >= 4 is 13.3 Å². The average molecular weight is 216 g/mol. The van der Waals surface area contributed by atoms with Crippen LogP contribution in [0.1, 0.15) is 0 Å². The molecule has 0 radical (unpaired) electrons. The van der Waals surface area contributed by atoms with Crippen molar-refractivity contribution in [3.63, 3.8) is 0 Å². The van der Waals surface area contributed by atoms with Crippen molar-refractivity contribution in [3.8, 4) is 5.75 Å². The van der Waals surface area contributed by atoms with Crippen LogP contribution in [0.2, 0.25) is 19.6 Å². The number of benzene rings is 1. The standard InChI is InChI=1S/C10H14F2OSi/c1-13-10-7(11)5-6-8(9(10)12)14(2,3)4/h5-6H,1-4H3. The van der Waals surface area contributed by atoms with Crippen LogP contribution in [0.15, 0.2) is 12.1 Å². The van der Waals surface area contributed by atoms with Gasteiger partial charge in [0.05, 0.1) is 15.2 Å². The van der Waals surface area contributed by atoms with Crippen molar-refractivity contribution in [1.82, 2.24) is 0 Å². The fourth-order valence-electron chi connectivity index (χ4n) is 1.30. The first-order chi connectivity index (χ1) is 6.38. The van der Waals surface area contributed by atoms with Gasteiger partial charge in [-0.2, -0.15) is 0 Å². The molecule has 0 N–H and O–H groups in total. The second-order valence-corrected chi connectivity index (χ2v) is 9.23. The summed E-state index contributed by atoms with van der Waals surface area (Å²) in [5, 5.41) is 0.593. The van der Waals surface area contributed by atoms with Crippen LogP contribution < -0.4 is 9.92 Å². The number of halogens is 2. The molecule has 0 heterocycles. The molecule has 0 spiro atoms. The Bertz CT molecular complexity index is 345. The fourth-order valence-corrected chi connectivity index (χ4v) is 2.65. The van der Waals surface area contributed by atoms with E-state index in [2.05, 4.69) is 4.74 Å². The van der Waals surface area contributed by atoms with Crippen LogP contribution in [0.4, 0.5) is 8.78 Å². The van der Waals surface area contributed by atoms with Crippen molar-refractivity contribution in [2.24, 2.45) is 0 Å². The highest BCUT2D eigenvalue weighted by Crippen LogP contribution is 2.21. The molecule has 0 aliphatic carbocycles. The number of hydrogen-bond donors (Lipinski definition) is 0. The maximum absolute atomic E-state index is 13.7. The molecule has 0 unspecified atom stereocenters. The van der Waals surface area contributed by atoms with Crippen LogP contribution in [0.5, 0.6) is 5.75 Å². The van der Waals surface area contributed by atoms with E-state index in [9.17, 15) is 8.78 Å². The van der Waals surface area contributed by atoms with Gasteiger partial charge in [-0.3, -0.25) is 0 Å². The third-order valence-electron chi connectivity index (χ3n) is 2.06. The third-order valence-corrected chi connectivity index (χ3v) is 4.06. The molecule has 78 valence electrons. The second-order valence-electron chi connectivity index (χ2n) is 4.19. The minimum atomic E-state index is -1.77. The number of ether oxygens (including phenoxy) is 1. The van der Waals surface area contributed by atoms with E-state index in [-0.39, 0.29) is 5.75 Å². The minimum Gasteiger partial charge on any atom is -0.491 e. The Morgan fingerprint density at radius 2 is 1.71 bits per heavy atom. The summed E-state index contributed by atoms with van der Waals surface area (Å²) in [4.78, 5) is 0. The summed E-state index contributed by atoms with van der Waals surface area (Å²) in [6.45, 7) is 6.01. The van der Waals surface area contributed by atoms with Gasteiger partial charge in [0.15, 0.2) is 17.4 Å². The van der Waals surface area contributed by atoms with Crippen molar-refractivity contribution in [1.29, 1.82) is 0 Å². The summed E-state index contributed by atoms with van der Waals surface area (Å²) in [7, 11) is -0.497. The molecule has 0 saturated carbocycles. The van der Waals surface area contributed by atoms with Gasteiger partial charge in [0.2, 0.25) is 0 Å². The molecule has 0 saturated heterocycles. The van der Waals surface area contributed by atoms with E-state index in [1.54, 1.807) is 0 Å². The zero-order valence-electron chi connectivity index (χ0n) is 8.82. The van der Waals surface area contributed by atoms with Gasteiger partial charge < -0.3 is 4.74 Å². The molecule has 0 atom stereocenters. The first-order valence-electron chi connectivity index (χ1n) is 4.40. The van der Waals surface area contributed by atoms with Gasteiger partial charge in [0.25, 0.3) is 0 Å². The van der Waals surface area contributed by atoms with Crippen molar-refractivity contribution < 1.29 is 13.5 Å². The average Bonchev–Trinajstić information content (AvgIpc) is 2.02. The normalized spacial score (nSPS) is 11.6. The Labute approximate surface area is 83.7 Å². The Balaban J connectivity index is 3.36. The molecule has 1 rings (SSSR count). The molecule has 4 heteroatoms. The topological polar surface area (TPSA) is 9.23 Å². The van der Waals surface area contributed by atoms with E-state index < -0.39 is 19.7 Å². The second kappa shape index (κ2) is 3.69. The predicted molar refractivity (Wildman–Crippen MR) is 55.9 cm³/mol. The van der Waals surface area contributed by atoms with E-state index in [0.717, 1.165) is 0 Å². The Kier molecular flexibility index (Phi) is 2.94. The lowest BCUT2D eigenvalue weighted by Crippen LogP contribution is -2.40. The maximum atomic E-state index is 13.7. The van der Waals surface area contributed by atoms with E-state index in [1.165, 1.54) is 19.2 Å². The zero-order chi connectivity index (χ0) is 10.9. The number of hydrogen-bond acceptors (Lipinski definition) is 1. The largest absolute Gasteiger partial charge is 0.491 e. The lowest BCUT2D eigenvalue weighted by molar-refractivity contribution is 0.361. The summed E-state index contributed by atoms with van der Waals surface area (Å²) in [5.41, 5.74) is 0. The van der Waals surface area contributed by atoms with Crippen LogP contribution in [0.25, 0.3) is 0 Å². The predicted octanol–water partition coefficient (Wildman–Crippen LogP) is 2.52. The SMILES string of the molecule is COc1c(F)ccc([Si](C)(C)C)c1F. The molecule has 0 aliphatic rings. The summed E-state index contributed by atoms with van der Waals surface area (Å²) < 4.78 is 31.5. The molecule has 0 aliphatic heterocycles. The Morgan fingerprint density at radius 1 is 1.14 bits per heavy atom. The fraction of sp³-hybridized carbons (Fsp3) is 0.400. The van der Waals surface area contributed by atoms with Gasteiger partial charge >= 0.3 is 0 Å². The van der Waals surface area contributed by atoms with Crippen molar-refractivity contribution in [2.45, 2.75) is 19.6 Å². The number of rotatable bonds is 2. The van der Waals surface area contributed by atoms with Crippen molar-refractivity contribution in [3.05, 3.63) is 23.8 Å². The molecule has 0 amide bonds. The lowest BCUT2D eigenvalue weighted by atomic mass is 10.3. The lowest BCUT2D eigenvalue weighted by Gasteiger charge is -2.18. The summed E-state index contributed by atoms with van der Waals surface area (Å²) in [6, 6.07) is 2.77. The van der Waals surface area contributed by atoms with Gasteiger partial charge in [-0.1, -0.05) is 25.7 Å². The number of methoxy groups -OCH3 is 1. The van der Waals surface area contributed by atoms with Crippen LogP contribution in [0.3, 0.4) is 0 Å². The molecule has 0 aromatic heterocycles. The molecular weight excluding hydrogens is 202 g/mol. The van der Waals surface area contributed by atoms with Crippen molar-refractivity contribution in [2.75, 3.05) is 7.11 Å². The molecule has 0 bridgehead atoms. The molecule has 0 fully saturated rings. The Morgan fingerprint density at radius 3 is 2.14 bits per heavy atom. The van der Waals surface area contributed by atoms with Gasteiger partial charge in [-0.25, -0.2) is 8.78 Å². The van der Waals surface area contributed by atoms with Crippen LogP contribution >= 0.6 is 0 Å². The highest BCUT2D eigenvalue weighted by Gasteiger charge is 2.24. The first-order valence-corrected chi connectivity index (χ1v) is 7.90. The molecule has 1 nitrogen and oxygen atoms in total. The van der Waals surface area contributed by atoms with Gasteiger partial charge in [0.1, 0.15) is 0 Å². The molecule has 1 aromatic rings. The monoisotopic (exact) mass is 216 g/mol. The highest BCUT2D eigenvalue weighted by molar-refractivity contribution is 6.88. The quantitative estimate of drug-likeness (QED) is 0.690. The summed E-state index contributed by atoms with van der Waals surface area (Å²) >= 11 is 0. The van der Waals surface area contributed by atoms with Crippen LogP contribution in [0, 0.1) is 11.6 Å². The highest BCUT2D eigenvalue weighted by atomic mass is 28.3. The first kappa shape index (κ1) is 11.2. The van der Waals surface area contributed by atoms with Crippen LogP contribution in [-0.4, -0.2) is 15.2 Å². The Hall–Kier alpha value is -0.903. The van der Waals surface area contributed by atoms with E-state index in [0.29, 0.717) is 5.19 Å².